The molecule has 3 amide bonds. The first-order chi connectivity index (χ1) is 15.6. The number of carbonyl (C=O) groups excluding carboxylic acids is 2. The summed E-state index contributed by atoms with van der Waals surface area (Å²) in [4.78, 5) is 34.1. The minimum Gasteiger partial charge on any atom is -0.361 e. The molecule has 1 aliphatic heterocycles. The summed E-state index contributed by atoms with van der Waals surface area (Å²) in [7, 11) is 0. The Morgan fingerprint density at radius 2 is 1.94 bits per heavy atom. The number of H-pyrrole nitrogens is 1. The number of carbonyl (C=O) groups is 2. The van der Waals surface area contributed by atoms with Crippen molar-refractivity contribution in [2.45, 2.75) is 64.5 Å². The lowest BCUT2D eigenvalue weighted by Crippen LogP contribution is -2.56. The largest absolute Gasteiger partial charge is 0.361 e. The van der Waals surface area contributed by atoms with E-state index in [1.54, 1.807) is 0 Å². The highest BCUT2D eigenvalue weighted by Crippen LogP contribution is 2.41. The van der Waals surface area contributed by atoms with Crippen molar-refractivity contribution < 1.29 is 9.59 Å². The Labute approximate surface area is 190 Å². The van der Waals surface area contributed by atoms with Crippen LogP contribution in [0.1, 0.15) is 57.1 Å². The van der Waals surface area contributed by atoms with Crippen LogP contribution in [-0.4, -0.2) is 58.4 Å². The second-order valence-electron chi connectivity index (χ2n) is 9.44. The molecule has 2 atom stereocenters. The predicted octanol–water partition coefficient (Wildman–Crippen LogP) is 4.32. The quantitative estimate of drug-likeness (QED) is 0.753. The first-order valence-corrected chi connectivity index (χ1v) is 12.3. The molecule has 0 saturated heterocycles. The molecule has 3 aliphatic rings. The Bertz CT molecular complexity index is 1050. The van der Waals surface area contributed by atoms with Crippen LogP contribution in [0.25, 0.3) is 16.5 Å². The van der Waals surface area contributed by atoms with Crippen molar-refractivity contribution in [3.8, 4) is 0 Å². The van der Waals surface area contributed by atoms with Gasteiger partial charge in [-0.3, -0.25) is 4.79 Å². The van der Waals surface area contributed by atoms with E-state index in [9.17, 15) is 9.59 Å². The van der Waals surface area contributed by atoms with E-state index in [0.717, 1.165) is 35.9 Å². The van der Waals surface area contributed by atoms with E-state index < -0.39 is 0 Å². The first-order valence-electron chi connectivity index (χ1n) is 12.3. The molecule has 2 N–H and O–H groups in total. The number of fused-ring (bicyclic) bond motifs is 2. The van der Waals surface area contributed by atoms with Crippen LogP contribution in [-0.2, 0) is 11.2 Å². The SMILES string of the molecule is CCN(CC)C(=O)[C@@H]1C=C2c3cccc4[nH]cc(c34)C[C@H]2N(C(=O)NC2CCCCC2)C1. The van der Waals surface area contributed by atoms with Crippen molar-refractivity contribution >= 4 is 28.4 Å². The van der Waals surface area contributed by atoms with Crippen LogP contribution in [0.15, 0.2) is 30.5 Å². The predicted molar refractivity (Wildman–Crippen MR) is 127 cm³/mol. The number of rotatable bonds is 4. The number of urea groups is 1. The second kappa shape index (κ2) is 8.64. The van der Waals surface area contributed by atoms with Gasteiger partial charge in [-0.25, -0.2) is 4.79 Å². The fourth-order valence-electron chi connectivity index (χ4n) is 5.89. The molecule has 6 heteroatoms. The minimum atomic E-state index is -0.311. The van der Waals surface area contributed by atoms with Crippen molar-refractivity contribution in [3.63, 3.8) is 0 Å². The van der Waals surface area contributed by atoms with Crippen LogP contribution in [0.4, 0.5) is 4.79 Å². The monoisotopic (exact) mass is 434 g/mol. The van der Waals surface area contributed by atoms with Crippen molar-refractivity contribution in [3.05, 3.63) is 41.6 Å². The van der Waals surface area contributed by atoms with Crippen LogP contribution in [0.5, 0.6) is 0 Å². The Morgan fingerprint density at radius 1 is 1.16 bits per heavy atom. The van der Waals surface area contributed by atoms with E-state index in [2.05, 4.69) is 40.8 Å². The number of aromatic nitrogens is 1. The van der Waals surface area contributed by atoms with Crippen LogP contribution >= 0.6 is 0 Å². The summed E-state index contributed by atoms with van der Waals surface area (Å²) in [5.41, 5.74) is 4.65. The van der Waals surface area contributed by atoms with Gasteiger partial charge in [-0.2, -0.15) is 0 Å². The summed E-state index contributed by atoms with van der Waals surface area (Å²) in [6, 6.07) is 6.49. The van der Waals surface area contributed by atoms with Crippen molar-refractivity contribution in [2.75, 3.05) is 19.6 Å². The molecular formula is C26H34N4O2. The van der Waals surface area contributed by atoms with Gasteiger partial charge in [0, 0.05) is 42.8 Å². The third-order valence-corrected chi connectivity index (χ3v) is 7.61. The summed E-state index contributed by atoms with van der Waals surface area (Å²) in [5.74, 6) is -0.197. The third kappa shape index (κ3) is 3.59. The van der Waals surface area contributed by atoms with E-state index in [0.29, 0.717) is 19.6 Å². The molecule has 2 aromatic rings. The third-order valence-electron chi connectivity index (χ3n) is 7.61. The van der Waals surface area contributed by atoms with Gasteiger partial charge < -0.3 is 20.1 Å². The van der Waals surface area contributed by atoms with Gasteiger partial charge >= 0.3 is 6.03 Å². The normalized spacial score (nSPS) is 22.9. The molecule has 6 nitrogen and oxygen atoms in total. The number of aromatic amines is 1. The van der Waals surface area contributed by atoms with Gasteiger partial charge in [-0.05, 0) is 55.9 Å². The molecule has 1 aromatic carbocycles. The van der Waals surface area contributed by atoms with E-state index in [4.69, 9.17) is 0 Å². The zero-order chi connectivity index (χ0) is 22.2. The molecule has 5 rings (SSSR count). The van der Waals surface area contributed by atoms with E-state index in [1.807, 2.05) is 23.6 Å². The molecule has 2 aliphatic carbocycles. The Morgan fingerprint density at radius 3 is 2.69 bits per heavy atom. The molecule has 0 spiro atoms. The van der Waals surface area contributed by atoms with Gasteiger partial charge in [0.1, 0.15) is 0 Å². The second-order valence-corrected chi connectivity index (χ2v) is 9.44. The molecule has 170 valence electrons. The molecule has 32 heavy (non-hydrogen) atoms. The molecule has 0 bridgehead atoms. The highest BCUT2D eigenvalue weighted by molar-refractivity contribution is 6.00. The summed E-state index contributed by atoms with van der Waals surface area (Å²) in [6.45, 7) is 5.84. The van der Waals surface area contributed by atoms with Crippen LogP contribution < -0.4 is 5.32 Å². The maximum atomic E-state index is 13.5. The maximum absolute atomic E-state index is 13.5. The van der Waals surface area contributed by atoms with Gasteiger partial charge in [0.15, 0.2) is 0 Å². The molecule has 1 saturated carbocycles. The lowest BCUT2D eigenvalue weighted by atomic mass is 9.79. The zero-order valence-electron chi connectivity index (χ0n) is 19.2. The fraction of sp³-hybridized carbons (Fsp3) is 0.538. The average molecular weight is 435 g/mol. The summed E-state index contributed by atoms with van der Waals surface area (Å²) < 4.78 is 0. The highest BCUT2D eigenvalue weighted by Gasteiger charge is 2.40. The number of benzene rings is 1. The first kappa shape index (κ1) is 21.1. The molecule has 2 heterocycles. The average Bonchev–Trinajstić information content (AvgIpc) is 3.24. The zero-order valence-corrected chi connectivity index (χ0v) is 19.2. The lowest BCUT2D eigenvalue weighted by Gasteiger charge is -2.43. The van der Waals surface area contributed by atoms with Crippen molar-refractivity contribution in [1.29, 1.82) is 0 Å². The van der Waals surface area contributed by atoms with E-state index in [-0.39, 0.29) is 29.9 Å². The van der Waals surface area contributed by atoms with E-state index >= 15 is 0 Å². The van der Waals surface area contributed by atoms with Gasteiger partial charge in [0.05, 0.1) is 12.0 Å². The number of hydrogen-bond donors (Lipinski definition) is 2. The van der Waals surface area contributed by atoms with Gasteiger partial charge in [0.25, 0.3) is 0 Å². The number of amides is 3. The van der Waals surface area contributed by atoms with Crippen LogP contribution in [0.2, 0.25) is 0 Å². The summed E-state index contributed by atoms with van der Waals surface area (Å²) >= 11 is 0. The molecular weight excluding hydrogens is 400 g/mol. The van der Waals surface area contributed by atoms with Crippen LogP contribution in [0.3, 0.4) is 0 Å². The van der Waals surface area contributed by atoms with Gasteiger partial charge in [-0.1, -0.05) is 37.5 Å². The number of nitrogens with zero attached hydrogens (tertiary/aromatic N) is 2. The number of nitrogens with one attached hydrogen (secondary N) is 2. The van der Waals surface area contributed by atoms with Gasteiger partial charge in [-0.15, -0.1) is 0 Å². The van der Waals surface area contributed by atoms with Crippen molar-refractivity contribution in [1.82, 2.24) is 20.1 Å². The lowest BCUT2D eigenvalue weighted by molar-refractivity contribution is -0.134. The summed E-state index contributed by atoms with van der Waals surface area (Å²) in [6.07, 6.45) is 10.7. The van der Waals surface area contributed by atoms with E-state index in [1.165, 1.54) is 30.2 Å². The molecule has 0 radical (unpaired) electrons. The Balaban J connectivity index is 1.52. The highest BCUT2D eigenvalue weighted by atomic mass is 16.2. The Kier molecular flexibility index (Phi) is 5.70. The Hall–Kier alpha value is -2.76. The van der Waals surface area contributed by atoms with Crippen molar-refractivity contribution in [2.24, 2.45) is 5.92 Å². The molecule has 0 unspecified atom stereocenters. The fourth-order valence-corrected chi connectivity index (χ4v) is 5.89. The maximum Gasteiger partial charge on any atom is 0.318 e. The topological polar surface area (TPSA) is 68.4 Å². The standard InChI is InChI=1S/C26H34N4O2/c1-3-29(4-2)25(31)18-13-21-20-11-8-12-22-24(20)17(15-27-22)14-23(21)30(16-18)26(32)28-19-9-6-5-7-10-19/h8,11-13,15,18-19,23,27H,3-7,9-10,14,16H2,1-2H3,(H,28,32)/t18-,23-/m1/s1. The smallest absolute Gasteiger partial charge is 0.318 e. The minimum absolute atomic E-state index is 0.0176. The molecule has 1 aromatic heterocycles. The molecule has 1 fully saturated rings. The van der Waals surface area contributed by atoms with Gasteiger partial charge in [0.2, 0.25) is 5.91 Å². The number of hydrogen-bond acceptors (Lipinski definition) is 2. The summed E-state index contributed by atoms with van der Waals surface area (Å²) in [5, 5.41) is 4.54. The van der Waals surface area contributed by atoms with Crippen LogP contribution in [0, 0.1) is 5.92 Å².